The SMILES string of the molecule is c1cc2c(cc1-c1ccc3oc4c(-c5ccc6[nH]c7ccc(-c8cc(-c9ccc%10c(c9)CCCC%10)cc9c8oc8ccc(-c%10ccc%11c(c%10)CCCC%11)cc89)cc7c6c5)cc(-c5ccc6c(c5)CCCC6)cc4c3c1)CCCC2. The van der Waals surface area contributed by atoms with Gasteiger partial charge in [-0.05, 0) is 276 Å². The van der Waals surface area contributed by atoms with Crippen molar-refractivity contribution in [2.24, 2.45) is 0 Å². The number of aromatic nitrogens is 1. The van der Waals surface area contributed by atoms with Crippen LogP contribution in [0.25, 0.3) is 132 Å². The molecule has 4 aliphatic rings. The van der Waals surface area contributed by atoms with Crippen LogP contribution in [0.3, 0.4) is 0 Å². The second-order valence-electron chi connectivity index (χ2n) is 23.8. The summed E-state index contributed by atoms with van der Waals surface area (Å²) in [4.78, 5) is 3.82. The third kappa shape index (κ3) is 7.67. The summed E-state index contributed by atoms with van der Waals surface area (Å²) in [7, 11) is 0. The first-order valence-corrected chi connectivity index (χ1v) is 29.6. The predicted octanol–water partition coefficient (Wildman–Crippen LogP) is 20.6. The highest BCUT2D eigenvalue weighted by atomic mass is 16.3. The van der Waals surface area contributed by atoms with E-state index >= 15 is 0 Å². The van der Waals surface area contributed by atoms with Crippen LogP contribution in [-0.4, -0.2) is 4.98 Å². The van der Waals surface area contributed by atoms with Crippen molar-refractivity contribution in [1.29, 1.82) is 0 Å². The van der Waals surface area contributed by atoms with Crippen LogP contribution < -0.4 is 0 Å². The van der Waals surface area contributed by atoms with E-state index < -0.39 is 0 Å². The Bertz CT molecular complexity index is 4390. The monoisotopic (exact) mass is 1020 g/mol. The number of aryl methyl sites for hydroxylation is 8. The van der Waals surface area contributed by atoms with E-state index in [1.807, 2.05) is 0 Å². The molecule has 4 aliphatic carbocycles. The van der Waals surface area contributed by atoms with Gasteiger partial charge in [-0.3, -0.25) is 0 Å². The van der Waals surface area contributed by atoms with Crippen LogP contribution in [0.15, 0.2) is 179 Å². The molecule has 13 aromatic rings. The van der Waals surface area contributed by atoms with E-state index in [2.05, 4.69) is 175 Å². The molecule has 0 saturated heterocycles. The molecular formula is C76H61NO2. The van der Waals surface area contributed by atoms with Gasteiger partial charge in [0, 0.05) is 54.5 Å². The minimum absolute atomic E-state index is 0.919. The number of nitrogens with one attached hydrogen (secondary N) is 1. The van der Waals surface area contributed by atoms with Crippen molar-refractivity contribution < 1.29 is 8.83 Å². The number of H-pyrrole nitrogens is 1. The number of benzene rings is 10. The Kier molecular flexibility index (Phi) is 10.4. The van der Waals surface area contributed by atoms with Crippen LogP contribution in [0, 0.1) is 0 Å². The molecule has 0 bridgehead atoms. The van der Waals surface area contributed by atoms with Crippen molar-refractivity contribution in [2.45, 2.75) is 103 Å². The summed E-state index contributed by atoms with van der Waals surface area (Å²) in [6.45, 7) is 0. The third-order valence-corrected chi connectivity index (χ3v) is 19.1. The minimum Gasteiger partial charge on any atom is -0.455 e. The molecule has 10 aromatic carbocycles. The molecule has 17 rings (SSSR count). The Morgan fingerprint density at radius 1 is 0.228 bits per heavy atom. The van der Waals surface area contributed by atoms with Crippen molar-refractivity contribution in [1.82, 2.24) is 4.98 Å². The van der Waals surface area contributed by atoms with E-state index in [1.165, 1.54) is 190 Å². The second-order valence-corrected chi connectivity index (χ2v) is 23.8. The number of rotatable bonds is 6. The summed E-state index contributed by atoms with van der Waals surface area (Å²) >= 11 is 0. The summed E-state index contributed by atoms with van der Waals surface area (Å²) in [5.41, 5.74) is 32.5. The Morgan fingerprint density at radius 3 is 0.899 bits per heavy atom. The Labute approximate surface area is 460 Å². The van der Waals surface area contributed by atoms with Gasteiger partial charge in [-0.25, -0.2) is 0 Å². The molecule has 0 saturated carbocycles. The van der Waals surface area contributed by atoms with Crippen LogP contribution in [0.4, 0.5) is 0 Å². The highest BCUT2D eigenvalue weighted by Gasteiger charge is 2.23. The van der Waals surface area contributed by atoms with E-state index in [0.717, 1.165) is 90.0 Å². The fourth-order valence-corrected chi connectivity index (χ4v) is 14.8. The lowest BCUT2D eigenvalue weighted by molar-refractivity contribution is 0.669. The molecule has 3 nitrogen and oxygen atoms in total. The van der Waals surface area contributed by atoms with Crippen molar-refractivity contribution >= 4 is 65.7 Å². The topological polar surface area (TPSA) is 42.1 Å². The van der Waals surface area contributed by atoms with Crippen LogP contribution in [0.2, 0.25) is 0 Å². The maximum atomic E-state index is 7.04. The van der Waals surface area contributed by atoms with Gasteiger partial charge in [-0.1, -0.05) is 97.1 Å². The molecule has 3 heteroatoms. The van der Waals surface area contributed by atoms with E-state index in [4.69, 9.17) is 8.83 Å². The van der Waals surface area contributed by atoms with Gasteiger partial charge in [0.25, 0.3) is 0 Å². The third-order valence-electron chi connectivity index (χ3n) is 19.1. The van der Waals surface area contributed by atoms with Gasteiger partial charge in [0.15, 0.2) is 0 Å². The first kappa shape index (κ1) is 45.6. The number of hydrogen-bond donors (Lipinski definition) is 1. The summed E-state index contributed by atoms with van der Waals surface area (Å²) < 4.78 is 14.1. The average Bonchev–Trinajstić information content (AvgIpc) is 4.32. The first-order valence-electron chi connectivity index (χ1n) is 29.6. The van der Waals surface area contributed by atoms with Crippen molar-refractivity contribution in [2.75, 3.05) is 0 Å². The van der Waals surface area contributed by atoms with Gasteiger partial charge in [0.2, 0.25) is 0 Å². The van der Waals surface area contributed by atoms with E-state index in [-0.39, 0.29) is 0 Å². The van der Waals surface area contributed by atoms with Gasteiger partial charge in [0.05, 0.1) is 0 Å². The molecule has 0 unspecified atom stereocenters. The lowest BCUT2D eigenvalue weighted by atomic mass is 9.87. The Hall–Kier alpha value is -8.40. The first-order chi connectivity index (χ1) is 39.0. The van der Waals surface area contributed by atoms with Crippen molar-refractivity contribution in [3.05, 3.63) is 214 Å². The van der Waals surface area contributed by atoms with E-state index in [9.17, 15) is 0 Å². The molecule has 0 amide bonds. The molecule has 79 heavy (non-hydrogen) atoms. The smallest absolute Gasteiger partial charge is 0.143 e. The lowest BCUT2D eigenvalue weighted by Crippen LogP contribution is -2.02. The molecule has 0 radical (unpaired) electrons. The molecule has 0 spiro atoms. The second kappa shape index (κ2) is 18.1. The van der Waals surface area contributed by atoms with E-state index in [1.54, 1.807) is 0 Å². The van der Waals surface area contributed by atoms with Gasteiger partial charge >= 0.3 is 0 Å². The minimum atomic E-state index is 0.919. The maximum Gasteiger partial charge on any atom is 0.143 e. The molecule has 382 valence electrons. The number of hydrogen-bond acceptors (Lipinski definition) is 2. The summed E-state index contributed by atoms with van der Waals surface area (Å²) in [6, 6.07) is 65.9. The van der Waals surface area contributed by atoms with Crippen molar-refractivity contribution in [3.8, 4) is 66.8 Å². The standard InChI is InChI=1S/C76H61NO2/c1-5-13-49-33-53(21-17-45(49)9-1)57-27-31-73-67(37-57)69-43-61(55-23-19-47-11-3-7-15-51(47)35-55)41-63(75(69)78-73)59-25-29-71-65(39-59)66-40-60(26-30-72(66)77-71)64-42-62(56-24-20-48-12-4-8-16-52(48)36-56)44-70-68-38-58(28-32-74(68)79-76(64)70)54-22-18-46-10-2-6-14-50(46)34-54/h17-44,77H,1-16H2. The van der Waals surface area contributed by atoms with Crippen molar-refractivity contribution in [3.63, 3.8) is 0 Å². The highest BCUT2D eigenvalue weighted by molar-refractivity contribution is 6.16. The number of aromatic amines is 1. The van der Waals surface area contributed by atoms with Gasteiger partial charge < -0.3 is 13.8 Å². The largest absolute Gasteiger partial charge is 0.455 e. The van der Waals surface area contributed by atoms with Gasteiger partial charge in [0.1, 0.15) is 22.3 Å². The molecule has 1 N–H and O–H groups in total. The van der Waals surface area contributed by atoms with Crippen LogP contribution in [0.5, 0.6) is 0 Å². The summed E-state index contributed by atoms with van der Waals surface area (Å²) in [6.07, 6.45) is 19.5. The van der Waals surface area contributed by atoms with Crippen LogP contribution >= 0.6 is 0 Å². The highest BCUT2D eigenvalue weighted by Crippen LogP contribution is 2.46. The fourth-order valence-electron chi connectivity index (χ4n) is 14.8. The quantitative estimate of drug-likeness (QED) is 0.180. The fraction of sp³-hybridized carbons (Fsp3) is 0.211. The number of fused-ring (bicyclic) bond motifs is 13. The molecular weight excluding hydrogens is 959 g/mol. The Morgan fingerprint density at radius 2 is 0.519 bits per heavy atom. The molecule has 3 heterocycles. The summed E-state index contributed by atoms with van der Waals surface area (Å²) in [5.74, 6) is 0. The zero-order valence-corrected chi connectivity index (χ0v) is 44.8. The summed E-state index contributed by atoms with van der Waals surface area (Å²) in [5, 5.41) is 7.01. The van der Waals surface area contributed by atoms with Gasteiger partial charge in [-0.2, -0.15) is 0 Å². The van der Waals surface area contributed by atoms with Crippen LogP contribution in [0.1, 0.15) is 95.9 Å². The van der Waals surface area contributed by atoms with Crippen LogP contribution in [-0.2, 0) is 51.4 Å². The van der Waals surface area contributed by atoms with Gasteiger partial charge in [-0.15, -0.1) is 0 Å². The molecule has 3 aromatic heterocycles. The number of furan rings is 2. The average molecular weight is 1020 g/mol. The zero-order chi connectivity index (χ0) is 51.7. The molecule has 0 aliphatic heterocycles. The lowest BCUT2D eigenvalue weighted by Gasteiger charge is -2.17. The predicted molar refractivity (Wildman–Crippen MR) is 330 cm³/mol. The maximum absolute atomic E-state index is 7.04. The molecule has 0 fully saturated rings. The normalized spacial score (nSPS) is 15.3. The Balaban J connectivity index is 0.831. The van der Waals surface area contributed by atoms with E-state index in [0.29, 0.717) is 0 Å². The molecule has 0 atom stereocenters. The zero-order valence-electron chi connectivity index (χ0n) is 44.8.